The van der Waals surface area contributed by atoms with Gasteiger partial charge in [-0.1, -0.05) is 25.1 Å². The predicted molar refractivity (Wildman–Crippen MR) is 136 cm³/mol. The van der Waals surface area contributed by atoms with Crippen molar-refractivity contribution in [1.29, 1.82) is 0 Å². The minimum Gasteiger partial charge on any atom is -0.467 e. The molecule has 0 atom stereocenters. The number of rotatable bonds is 8. The highest BCUT2D eigenvalue weighted by Gasteiger charge is 2.23. The van der Waals surface area contributed by atoms with Gasteiger partial charge in [0.15, 0.2) is 5.82 Å². The molecular weight excluding hydrogens is 446 g/mol. The van der Waals surface area contributed by atoms with Gasteiger partial charge in [0, 0.05) is 44.5 Å². The van der Waals surface area contributed by atoms with Crippen LogP contribution in [-0.4, -0.2) is 64.9 Å². The number of anilines is 1. The first-order valence-electron chi connectivity index (χ1n) is 11.8. The van der Waals surface area contributed by atoms with Gasteiger partial charge in [0.1, 0.15) is 11.6 Å². The van der Waals surface area contributed by atoms with Crippen molar-refractivity contribution in [3.63, 3.8) is 0 Å². The van der Waals surface area contributed by atoms with Crippen LogP contribution in [0.3, 0.4) is 0 Å². The number of carbonyl (C=O) groups excluding carboxylic acids is 1. The van der Waals surface area contributed by atoms with E-state index in [1.807, 2.05) is 58.8 Å². The monoisotopic (exact) mass is 475 g/mol. The number of fused-ring (bicyclic) bond motifs is 1. The molecule has 0 bridgehead atoms. The summed E-state index contributed by atoms with van der Waals surface area (Å²) in [6, 6.07) is 16.0. The van der Waals surface area contributed by atoms with E-state index in [1.165, 1.54) is 0 Å². The molecule has 4 heterocycles. The quantitative estimate of drug-likeness (QED) is 0.374. The highest BCUT2D eigenvalue weighted by atomic mass is 32.1. The van der Waals surface area contributed by atoms with Crippen molar-refractivity contribution >= 4 is 34.0 Å². The van der Waals surface area contributed by atoms with Gasteiger partial charge in [0.2, 0.25) is 5.91 Å². The second kappa shape index (κ2) is 10.4. The Hall–Kier alpha value is -3.23. The first-order chi connectivity index (χ1) is 16.7. The topological polar surface area (TPSA) is 65.7 Å². The molecule has 3 aromatic heterocycles. The number of aromatic nitrogens is 2. The van der Waals surface area contributed by atoms with Crippen molar-refractivity contribution in [2.75, 3.05) is 44.2 Å². The summed E-state index contributed by atoms with van der Waals surface area (Å²) in [7, 11) is 0. The van der Waals surface area contributed by atoms with Crippen molar-refractivity contribution in [1.82, 2.24) is 19.8 Å². The number of hydrogen-bond donors (Lipinski definition) is 0. The van der Waals surface area contributed by atoms with Crippen LogP contribution in [0.2, 0.25) is 0 Å². The average molecular weight is 476 g/mol. The molecule has 5 rings (SSSR count). The molecule has 34 heavy (non-hydrogen) atoms. The molecule has 0 N–H and O–H groups in total. The fourth-order valence-electron chi connectivity index (χ4n) is 4.37. The van der Waals surface area contributed by atoms with Gasteiger partial charge in [-0.25, -0.2) is 9.97 Å². The smallest absolute Gasteiger partial charge is 0.224 e. The maximum atomic E-state index is 13.1. The van der Waals surface area contributed by atoms with Gasteiger partial charge in [-0.2, -0.15) is 0 Å². The Morgan fingerprint density at radius 2 is 1.91 bits per heavy atom. The Morgan fingerprint density at radius 3 is 2.65 bits per heavy atom. The number of nitrogens with zero attached hydrogens (tertiary/aromatic N) is 5. The van der Waals surface area contributed by atoms with Gasteiger partial charge in [0.05, 0.1) is 23.2 Å². The van der Waals surface area contributed by atoms with Crippen molar-refractivity contribution < 1.29 is 9.21 Å². The van der Waals surface area contributed by atoms with Crippen LogP contribution in [0.15, 0.2) is 64.6 Å². The Balaban J connectivity index is 1.43. The van der Waals surface area contributed by atoms with E-state index in [4.69, 9.17) is 14.4 Å². The molecule has 0 spiro atoms. The van der Waals surface area contributed by atoms with Crippen molar-refractivity contribution in [2.45, 2.75) is 19.9 Å². The number of benzene rings is 1. The summed E-state index contributed by atoms with van der Waals surface area (Å²) in [5.74, 6) is 2.56. The molecular formula is C26H29N5O2S. The van der Waals surface area contributed by atoms with Gasteiger partial charge in [0.25, 0.3) is 0 Å². The second-order valence-corrected chi connectivity index (χ2v) is 9.38. The molecule has 0 saturated carbocycles. The lowest BCUT2D eigenvalue weighted by Gasteiger charge is -2.34. The van der Waals surface area contributed by atoms with E-state index in [1.54, 1.807) is 17.6 Å². The number of piperazine rings is 1. The summed E-state index contributed by atoms with van der Waals surface area (Å²) in [4.78, 5) is 30.4. The third kappa shape index (κ3) is 4.98. The second-order valence-electron chi connectivity index (χ2n) is 8.43. The van der Waals surface area contributed by atoms with Gasteiger partial charge < -0.3 is 19.1 Å². The number of likely N-dealkylation sites (N-methyl/N-ethyl adjacent to an activating group) is 1. The van der Waals surface area contributed by atoms with Gasteiger partial charge in [-0.15, -0.1) is 11.3 Å². The predicted octanol–water partition coefficient (Wildman–Crippen LogP) is 4.51. The Kier molecular flexibility index (Phi) is 6.87. The largest absolute Gasteiger partial charge is 0.467 e. The van der Waals surface area contributed by atoms with Crippen LogP contribution in [0.4, 0.5) is 5.82 Å². The Bertz CT molecular complexity index is 1220. The van der Waals surface area contributed by atoms with Crippen LogP contribution >= 0.6 is 11.3 Å². The van der Waals surface area contributed by atoms with E-state index in [0.29, 0.717) is 25.3 Å². The highest BCUT2D eigenvalue weighted by molar-refractivity contribution is 7.13. The van der Waals surface area contributed by atoms with Crippen LogP contribution in [0.25, 0.3) is 21.6 Å². The summed E-state index contributed by atoms with van der Waals surface area (Å²) < 4.78 is 5.66. The fourth-order valence-corrected chi connectivity index (χ4v) is 5.03. The molecule has 4 aromatic rings. The molecule has 1 aliphatic rings. The van der Waals surface area contributed by atoms with E-state index in [-0.39, 0.29) is 5.91 Å². The van der Waals surface area contributed by atoms with Gasteiger partial charge in [-0.3, -0.25) is 4.79 Å². The number of thiophene rings is 1. The molecule has 1 aliphatic heterocycles. The molecule has 176 valence electrons. The lowest BCUT2D eigenvalue weighted by Crippen LogP contribution is -2.49. The number of furan rings is 1. The lowest BCUT2D eigenvalue weighted by atomic mass is 10.2. The SMILES string of the molecule is CCN1CCN(C(=O)CCN(Cc2ccco2)c2nc(-c3cccs3)nc3ccccc23)CC1. The van der Waals surface area contributed by atoms with Crippen LogP contribution in [0, 0.1) is 0 Å². The summed E-state index contributed by atoms with van der Waals surface area (Å²) in [6.07, 6.45) is 2.11. The number of hydrogen-bond acceptors (Lipinski definition) is 7. The standard InChI is InChI=1S/C26H29N5O2S/c1-2-29-13-15-30(16-14-29)24(32)11-12-31(19-20-7-5-17-33-20)26-21-8-3-4-9-22(21)27-25(28-26)23-10-6-18-34-23/h3-10,17-18H,2,11-16,19H2,1H3. The summed E-state index contributed by atoms with van der Waals surface area (Å²) in [5.41, 5.74) is 0.891. The lowest BCUT2D eigenvalue weighted by molar-refractivity contribution is -0.132. The molecule has 0 unspecified atom stereocenters. The highest BCUT2D eigenvalue weighted by Crippen LogP contribution is 2.30. The normalized spacial score (nSPS) is 14.6. The molecule has 1 fully saturated rings. The first-order valence-corrected chi connectivity index (χ1v) is 12.7. The average Bonchev–Trinajstić information content (AvgIpc) is 3.60. The first kappa shape index (κ1) is 22.6. The van der Waals surface area contributed by atoms with Crippen molar-refractivity contribution in [3.8, 4) is 10.7 Å². The molecule has 0 aliphatic carbocycles. The molecule has 7 nitrogen and oxygen atoms in total. The summed E-state index contributed by atoms with van der Waals surface area (Å²) in [5, 5.41) is 3.00. The maximum absolute atomic E-state index is 13.1. The molecule has 1 saturated heterocycles. The zero-order chi connectivity index (χ0) is 23.3. The zero-order valence-corrected chi connectivity index (χ0v) is 20.2. The third-order valence-corrected chi connectivity index (χ3v) is 7.18. The molecule has 1 amide bonds. The van der Waals surface area contributed by atoms with E-state index < -0.39 is 0 Å². The Morgan fingerprint density at radius 1 is 1.06 bits per heavy atom. The fraction of sp³-hybridized carbons (Fsp3) is 0.346. The maximum Gasteiger partial charge on any atom is 0.224 e. The van der Waals surface area contributed by atoms with Crippen LogP contribution in [-0.2, 0) is 11.3 Å². The van der Waals surface area contributed by atoms with E-state index in [0.717, 1.165) is 60.1 Å². The minimum absolute atomic E-state index is 0.192. The molecule has 1 aromatic carbocycles. The number of carbonyl (C=O) groups is 1. The van der Waals surface area contributed by atoms with Crippen LogP contribution < -0.4 is 4.90 Å². The van der Waals surface area contributed by atoms with E-state index in [2.05, 4.69) is 16.7 Å². The van der Waals surface area contributed by atoms with Crippen molar-refractivity contribution in [2.24, 2.45) is 0 Å². The van der Waals surface area contributed by atoms with Crippen molar-refractivity contribution in [3.05, 3.63) is 65.9 Å². The van der Waals surface area contributed by atoms with Crippen LogP contribution in [0.1, 0.15) is 19.1 Å². The van der Waals surface area contributed by atoms with Gasteiger partial charge in [-0.05, 0) is 42.3 Å². The molecule has 8 heteroatoms. The van der Waals surface area contributed by atoms with Crippen LogP contribution in [0.5, 0.6) is 0 Å². The minimum atomic E-state index is 0.192. The molecule has 0 radical (unpaired) electrons. The zero-order valence-electron chi connectivity index (χ0n) is 19.4. The Labute approximate surface area is 203 Å². The summed E-state index contributed by atoms with van der Waals surface area (Å²) >= 11 is 1.62. The van der Waals surface area contributed by atoms with E-state index >= 15 is 0 Å². The van der Waals surface area contributed by atoms with Gasteiger partial charge >= 0.3 is 0 Å². The number of amides is 1. The third-order valence-electron chi connectivity index (χ3n) is 6.32. The van der Waals surface area contributed by atoms with E-state index in [9.17, 15) is 4.79 Å². The summed E-state index contributed by atoms with van der Waals surface area (Å²) in [6.45, 7) is 7.77. The number of para-hydroxylation sites is 1.